The van der Waals surface area contributed by atoms with Crippen molar-refractivity contribution in [2.24, 2.45) is 11.7 Å². The Hall–Kier alpha value is -1.59. The van der Waals surface area contributed by atoms with Gasteiger partial charge in [0.2, 0.25) is 5.91 Å². The Balaban J connectivity index is 2.79. The van der Waals surface area contributed by atoms with Crippen LogP contribution in [-0.4, -0.2) is 23.0 Å². The van der Waals surface area contributed by atoms with E-state index >= 15 is 0 Å². The third kappa shape index (κ3) is 4.54. The molecule has 0 heterocycles. The summed E-state index contributed by atoms with van der Waals surface area (Å²) in [7, 11) is 0. The minimum atomic E-state index is -1.08. The second-order valence-corrected chi connectivity index (χ2v) is 5.07. The molecule has 1 amide bonds. The van der Waals surface area contributed by atoms with Crippen LogP contribution in [0, 0.1) is 5.92 Å². The van der Waals surface area contributed by atoms with E-state index in [9.17, 15) is 9.59 Å². The van der Waals surface area contributed by atoms with Crippen LogP contribution in [0.15, 0.2) is 18.2 Å². The molecule has 0 bridgehead atoms. The molecule has 0 aliphatic rings. The van der Waals surface area contributed by atoms with Crippen LogP contribution in [0.2, 0.25) is 5.02 Å². The number of hydrogen-bond acceptors (Lipinski definition) is 3. The number of benzene rings is 1. The van der Waals surface area contributed by atoms with Crippen molar-refractivity contribution >= 4 is 29.2 Å². The maximum absolute atomic E-state index is 11.8. The molecule has 1 rings (SSSR count). The predicted octanol–water partition coefficient (Wildman–Crippen LogP) is 2.35. The van der Waals surface area contributed by atoms with E-state index < -0.39 is 5.97 Å². The number of carboxylic acid groups (broad SMARTS) is 1. The zero-order valence-electron chi connectivity index (χ0n) is 10.8. The van der Waals surface area contributed by atoms with Crippen molar-refractivity contribution < 1.29 is 14.7 Å². The third-order valence-electron chi connectivity index (χ3n) is 2.76. The first-order valence-electron chi connectivity index (χ1n) is 5.89. The number of aromatic carboxylic acids is 1. The topological polar surface area (TPSA) is 92.4 Å². The lowest BCUT2D eigenvalue weighted by Crippen LogP contribution is -2.31. The fourth-order valence-corrected chi connectivity index (χ4v) is 1.57. The van der Waals surface area contributed by atoms with E-state index in [1.165, 1.54) is 18.2 Å². The fourth-order valence-electron chi connectivity index (χ4n) is 1.41. The smallest absolute Gasteiger partial charge is 0.335 e. The van der Waals surface area contributed by atoms with Gasteiger partial charge in [0.25, 0.3) is 0 Å². The summed E-state index contributed by atoms with van der Waals surface area (Å²) in [6.45, 7) is 3.85. The van der Waals surface area contributed by atoms with Gasteiger partial charge in [-0.15, -0.1) is 0 Å². The average molecular weight is 285 g/mol. The molecule has 104 valence electrons. The van der Waals surface area contributed by atoms with Gasteiger partial charge in [0, 0.05) is 12.5 Å². The monoisotopic (exact) mass is 284 g/mol. The Kier molecular flexibility index (Phi) is 5.32. The summed E-state index contributed by atoms with van der Waals surface area (Å²) in [6, 6.07) is 3.88. The van der Waals surface area contributed by atoms with Gasteiger partial charge in [-0.25, -0.2) is 4.79 Å². The van der Waals surface area contributed by atoms with Crippen LogP contribution in [0.1, 0.15) is 30.6 Å². The van der Waals surface area contributed by atoms with Crippen molar-refractivity contribution in [3.63, 3.8) is 0 Å². The molecule has 0 saturated carbocycles. The number of nitrogens with two attached hydrogens (primary N) is 1. The first-order valence-corrected chi connectivity index (χ1v) is 6.27. The molecule has 1 unspecified atom stereocenters. The Morgan fingerprint density at radius 1 is 1.42 bits per heavy atom. The second kappa shape index (κ2) is 6.54. The molecule has 1 aromatic rings. The van der Waals surface area contributed by atoms with Crippen molar-refractivity contribution in [1.29, 1.82) is 0 Å². The molecule has 0 radical (unpaired) electrons. The predicted molar refractivity (Wildman–Crippen MR) is 74.5 cm³/mol. The van der Waals surface area contributed by atoms with Gasteiger partial charge in [0.1, 0.15) is 0 Å². The number of carbonyl (C=O) groups excluding carboxylic acids is 1. The number of hydrogen-bond donors (Lipinski definition) is 3. The molecule has 19 heavy (non-hydrogen) atoms. The molecule has 0 aliphatic carbocycles. The first kappa shape index (κ1) is 15.5. The van der Waals surface area contributed by atoms with Crippen molar-refractivity contribution in [2.45, 2.75) is 26.3 Å². The van der Waals surface area contributed by atoms with E-state index in [-0.39, 0.29) is 40.6 Å². The van der Waals surface area contributed by atoms with Gasteiger partial charge in [0.05, 0.1) is 16.3 Å². The zero-order valence-corrected chi connectivity index (χ0v) is 11.6. The highest BCUT2D eigenvalue weighted by molar-refractivity contribution is 6.33. The van der Waals surface area contributed by atoms with Crippen LogP contribution in [-0.2, 0) is 4.79 Å². The average Bonchev–Trinajstić information content (AvgIpc) is 2.31. The standard InChI is InChI=1S/C13H17ClN2O3/c1-7(2)10(15)6-12(17)16-11-5-8(13(18)19)3-4-9(11)14/h3-5,7,10H,6,15H2,1-2H3,(H,16,17)(H,18,19). The number of amides is 1. The third-order valence-corrected chi connectivity index (χ3v) is 3.09. The van der Waals surface area contributed by atoms with Crippen molar-refractivity contribution in [3.8, 4) is 0 Å². The van der Waals surface area contributed by atoms with Crippen LogP contribution in [0.25, 0.3) is 0 Å². The number of carboxylic acids is 1. The fraction of sp³-hybridized carbons (Fsp3) is 0.385. The number of nitrogens with one attached hydrogen (secondary N) is 1. The molecule has 0 aliphatic heterocycles. The molecule has 1 aromatic carbocycles. The first-order chi connectivity index (χ1) is 8.81. The number of anilines is 1. The molecule has 1 atom stereocenters. The highest BCUT2D eigenvalue weighted by Gasteiger charge is 2.15. The minimum Gasteiger partial charge on any atom is -0.478 e. The van der Waals surface area contributed by atoms with Crippen LogP contribution in [0.4, 0.5) is 5.69 Å². The Morgan fingerprint density at radius 2 is 2.05 bits per heavy atom. The summed E-state index contributed by atoms with van der Waals surface area (Å²) >= 11 is 5.91. The van der Waals surface area contributed by atoms with Gasteiger partial charge in [-0.1, -0.05) is 25.4 Å². The van der Waals surface area contributed by atoms with Gasteiger partial charge in [0.15, 0.2) is 0 Å². The molecule has 4 N–H and O–H groups in total. The molecular formula is C13H17ClN2O3. The van der Waals surface area contributed by atoms with E-state index in [0.717, 1.165) is 0 Å². The number of halogens is 1. The van der Waals surface area contributed by atoms with Gasteiger partial charge >= 0.3 is 5.97 Å². The van der Waals surface area contributed by atoms with Gasteiger partial charge in [-0.3, -0.25) is 4.79 Å². The Morgan fingerprint density at radius 3 is 2.58 bits per heavy atom. The lowest BCUT2D eigenvalue weighted by Gasteiger charge is -2.15. The summed E-state index contributed by atoms with van der Waals surface area (Å²) in [6.07, 6.45) is 0.158. The lowest BCUT2D eigenvalue weighted by molar-refractivity contribution is -0.116. The van der Waals surface area contributed by atoms with E-state index in [0.29, 0.717) is 0 Å². The normalized spacial score (nSPS) is 12.3. The van der Waals surface area contributed by atoms with Crippen LogP contribution < -0.4 is 11.1 Å². The summed E-state index contributed by atoms with van der Waals surface area (Å²) in [4.78, 5) is 22.6. The summed E-state index contributed by atoms with van der Waals surface area (Å²) in [5, 5.41) is 11.7. The van der Waals surface area contributed by atoms with Crippen LogP contribution in [0.3, 0.4) is 0 Å². The van der Waals surface area contributed by atoms with Crippen molar-refractivity contribution in [1.82, 2.24) is 0 Å². The minimum absolute atomic E-state index is 0.0628. The van der Waals surface area contributed by atoms with Crippen molar-refractivity contribution in [2.75, 3.05) is 5.32 Å². The number of carbonyl (C=O) groups is 2. The van der Waals surface area contributed by atoms with Crippen LogP contribution >= 0.6 is 11.6 Å². The maximum Gasteiger partial charge on any atom is 0.335 e. The molecule has 0 spiro atoms. The largest absolute Gasteiger partial charge is 0.478 e. The summed E-state index contributed by atoms with van der Waals surface area (Å²) in [5.74, 6) is -1.18. The van der Waals surface area contributed by atoms with Crippen molar-refractivity contribution in [3.05, 3.63) is 28.8 Å². The zero-order chi connectivity index (χ0) is 14.6. The SMILES string of the molecule is CC(C)C(N)CC(=O)Nc1cc(C(=O)O)ccc1Cl. The van der Waals surface area contributed by atoms with Crippen LogP contribution in [0.5, 0.6) is 0 Å². The summed E-state index contributed by atoms with van der Waals surface area (Å²) < 4.78 is 0. The summed E-state index contributed by atoms with van der Waals surface area (Å²) in [5.41, 5.74) is 6.14. The lowest BCUT2D eigenvalue weighted by atomic mass is 10.0. The van der Waals surface area contributed by atoms with E-state index in [1.807, 2.05) is 13.8 Å². The maximum atomic E-state index is 11.8. The van der Waals surface area contributed by atoms with E-state index in [2.05, 4.69) is 5.32 Å². The highest BCUT2D eigenvalue weighted by Crippen LogP contribution is 2.23. The molecule has 6 heteroatoms. The Bertz CT molecular complexity index is 489. The Labute approximate surface area is 116 Å². The molecule has 5 nitrogen and oxygen atoms in total. The number of rotatable bonds is 5. The van der Waals surface area contributed by atoms with E-state index in [1.54, 1.807) is 0 Å². The molecular weight excluding hydrogens is 268 g/mol. The second-order valence-electron chi connectivity index (χ2n) is 4.66. The van der Waals surface area contributed by atoms with Gasteiger partial charge in [-0.2, -0.15) is 0 Å². The van der Waals surface area contributed by atoms with E-state index in [4.69, 9.17) is 22.4 Å². The van der Waals surface area contributed by atoms with Gasteiger partial charge in [-0.05, 0) is 24.1 Å². The molecule has 0 aromatic heterocycles. The quantitative estimate of drug-likeness (QED) is 0.774. The van der Waals surface area contributed by atoms with Gasteiger partial charge < -0.3 is 16.2 Å². The molecule has 0 fully saturated rings. The molecule has 0 saturated heterocycles. The highest BCUT2D eigenvalue weighted by atomic mass is 35.5.